The topological polar surface area (TPSA) is 34.1 Å². The average molecular weight is 296 g/mol. The maximum absolute atomic E-state index is 11.9. The molecule has 0 unspecified atom stereocenters. The van der Waals surface area contributed by atoms with Crippen LogP contribution in [0.5, 0.6) is 0 Å². The van der Waals surface area contributed by atoms with Crippen molar-refractivity contribution in [3.05, 3.63) is 77.2 Å². The van der Waals surface area contributed by atoms with Gasteiger partial charge >= 0.3 is 0 Å². The van der Waals surface area contributed by atoms with Crippen LogP contribution < -0.4 is 0 Å². The highest BCUT2D eigenvalue weighted by Crippen LogP contribution is 2.15. The fourth-order valence-electron chi connectivity index (χ4n) is 1.71. The van der Waals surface area contributed by atoms with E-state index < -0.39 is 9.84 Å². The van der Waals surface area contributed by atoms with E-state index in [1.54, 1.807) is 6.92 Å². The molecule has 106 valence electrons. The molecule has 3 heteroatoms. The molecule has 0 saturated heterocycles. The Labute approximate surface area is 126 Å². The van der Waals surface area contributed by atoms with Crippen LogP contribution in [0.2, 0.25) is 0 Å². The summed E-state index contributed by atoms with van der Waals surface area (Å²) in [7, 11) is -3.24. The van der Waals surface area contributed by atoms with E-state index in [0.29, 0.717) is 5.57 Å². The van der Waals surface area contributed by atoms with E-state index in [4.69, 9.17) is 0 Å². The predicted octanol–water partition coefficient (Wildman–Crippen LogP) is 3.51. The van der Waals surface area contributed by atoms with Crippen molar-refractivity contribution in [2.45, 2.75) is 6.92 Å². The fourth-order valence-corrected chi connectivity index (χ4v) is 2.43. The molecule has 0 amide bonds. The van der Waals surface area contributed by atoms with Gasteiger partial charge in [-0.25, -0.2) is 8.42 Å². The lowest BCUT2D eigenvalue weighted by atomic mass is 10.1. The molecule has 0 aliphatic carbocycles. The summed E-state index contributed by atoms with van der Waals surface area (Å²) in [5, 5.41) is 1.26. The summed E-state index contributed by atoms with van der Waals surface area (Å²) in [4.78, 5) is 0. The van der Waals surface area contributed by atoms with Crippen LogP contribution in [-0.4, -0.2) is 14.2 Å². The largest absolute Gasteiger partial charge is 0.224 e. The van der Waals surface area contributed by atoms with Crippen LogP contribution >= 0.6 is 0 Å². The van der Waals surface area contributed by atoms with Crippen molar-refractivity contribution in [2.75, 3.05) is 5.75 Å². The van der Waals surface area contributed by atoms with E-state index in [9.17, 15) is 8.42 Å². The van der Waals surface area contributed by atoms with Gasteiger partial charge in [0.15, 0.2) is 9.84 Å². The van der Waals surface area contributed by atoms with Gasteiger partial charge in [0.05, 0.1) is 5.75 Å². The molecular weight excluding hydrogens is 280 g/mol. The SMILES string of the molecule is CCS(=O)(=O)/C=C(\C#Cc1ccccc1)c1ccccc1. The third-order valence-electron chi connectivity index (χ3n) is 2.90. The second kappa shape index (κ2) is 6.92. The molecule has 0 aromatic heterocycles. The molecule has 0 N–H and O–H groups in total. The Morgan fingerprint density at radius 2 is 1.57 bits per heavy atom. The van der Waals surface area contributed by atoms with Crippen LogP contribution in [0.1, 0.15) is 18.1 Å². The summed E-state index contributed by atoms with van der Waals surface area (Å²) in [6.45, 7) is 1.62. The van der Waals surface area contributed by atoms with Gasteiger partial charge in [-0.1, -0.05) is 67.3 Å². The predicted molar refractivity (Wildman–Crippen MR) is 87.2 cm³/mol. The molecule has 21 heavy (non-hydrogen) atoms. The molecule has 2 aromatic carbocycles. The quantitative estimate of drug-likeness (QED) is 0.812. The lowest BCUT2D eigenvalue weighted by Crippen LogP contribution is -1.99. The van der Waals surface area contributed by atoms with Gasteiger partial charge in [0.25, 0.3) is 0 Å². The number of sulfone groups is 1. The maximum atomic E-state index is 11.9. The molecular formula is C18H16O2S. The Morgan fingerprint density at radius 3 is 2.14 bits per heavy atom. The smallest absolute Gasteiger partial charge is 0.172 e. The van der Waals surface area contributed by atoms with Gasteiger partial charge in [0, 0.05) is 16.5 Å². The molecule has 2 rings (SSSR count). The first-order chi connectivity index (χ1) is 10.1. The van der Waals surface area contributed by atoms with Crippen LogP contribution in [0.4, 0.5) is 0 Å². The summed E-state index contributed by atoms with van der Waals surface area (Å²) in [6.07, 6.45) is 0. The Bertz CT molecular complexity index is 777. The number of hydrogen-bond acceptors (Lipinski definition) is 2. The lowest BCUT2D eigenvalue weighted by Gasteiger charge is -2.00. The van der Waals surface area contributed by atoms with Crippen molar-refractivity contribution in [3.63, 3.8) is 0 Å². The maximum Gasteiger partial charge on any atom is 0.172 e. The van der Waals surface area contributed by atoms with Crippen LogP contribution in [0.15, 0.2) is 66.1 Å². The van der Waals surface area contributed by atoms with Crippen LogP contribution in [0.3, 0.4) is 0 Å². The van der Waals surface area contributed by atoms with Gasteiger partial charge in [-0.2, -0.15) is 0 Å². The zero-order chi connectivity index (χ0) is 15.1. The normalized spacial score (nSPS) is 11.6. The summed E-state index contributed by atoms with van der Waals surface area (Å²) < 4.78 is 23.7. The second-order valence-electron chi connectivity index (χ2n) is 4.47. The molecule has 0 saturated carbocycles. The molecule has 0 fully saturated rings. The van der Waals surface area contributed by atoms with E-state index >= 15 is 0 Å². The van der Waals surface area contributed by atoms with Gasteiger partial charge in [-0.15, -0.1) is 0 Å². The van der Waals surface area contributed by atoms with Crippen molar-refractivity contribution >= 4 is 15.4 Å². The summed E-state index contributed by atoms with van der Waals surface area (Å²) in [6, 6.07) is 18.8. The average Bonchev–Trinajstić information content (AvgIpc) is 2.53. The second-order valence-corrected chi connectivity index (χ2v) is 6.60. The first-order valence-corrected chi connectivity index (χ1v) is 8.39. The molecule has 0 spiro atoms. The molecule has 0 bridgehead atoms. The van der Waals surface area contributed by atoms with E-state index in [1.807, 2.05) is 60.7 Å². The van der Waals surface area contributed by atoms with Crippen molar-refractivity contribution in [3.8, 4) is 11.8 Å². The Morgan fingerprint density at radius 1 is 1.00 bits per heavy atom. The molecule has 2 aromatic rings. The van der Waals surface area contributed by atoms with Gasteiger partial charge in [0.1, 0.15) is 0 Å². The monoisotopic (exact) mass is 296 g/mol. The van der Waals surface area contributed by atoms with E-state index in [-0.39, 0.29) is 5.75 Å². The molecule has 0 aliphatic heterocycles. The van der Waals surface area contributed by atoms with Gasteiger partial charge in [0.2, 0.25) is 0 Å². The Hall–Kier alpha value is -2.31. The summed E-state index contributed by atoms with van der Waals surface area (Å²) in [5.74, 6) is 6.05. The highest BCUT2D eigenvalue weighted by molar-refractivity contribution is 7.94. The minimum Gasteiger partial charge on any atom is -0.224 e. The van der Waals surface area contributed by atoms with Crippen molar-refractivity contribution in [1.29, 1.82) is 0 Å². The Kier molecular flexibility index (Phi) is 4.97. The highest BCUT2D eigenvalue weighted by Gasteiger charge is 2.06. The third-order valence-corrected chi connectivity index (χ3v) is 4.30. The van der Waals surface area contributed by atoms with Crippen LogP contribution in [-0.2, 0) is 9.84 Å². The molecule has 0 heterocycles. The number of hydrogen-bond donors (Lipinski definition) is 0. The molecule has 0 atom stereocenters. The number of allylic oxidation sites excluding steroid dienone is 1. The summed E-state index contributed by atoms with van der Waals surface area (Å²) >= 11 is 0. The summed E-state index contributed by atoms with van der Waals surface area (Å²) in [5.41, 5.74) is 2.17. The number of benzene rings is 2. The first kappa shape index (κ1) is 15.1. The van der Waals surface area contributed by atoms with E-state index in [0.717, 1.165) is 11.1 Å². The minimum atomic E-state index is -3.24. The van der Waals surface area contributed by atoms with Crippen LogP contribution in [0.25, 0.3) is 5.57 Å². The third kappa shape index (κ3) is 4.62. The van der Waals surface area contributed by atoms with Crippen molar-refractivity contribution in [2.24, 2.45) is 0 Å². The van der Waals surface area contributed by atoms with E-state index in [2.05, 4.69) is 11.8 Å². The molecule has 2 nitrogen and oxygen atoms in total. The highest BCUT2D eigenvalue weighted by atomic mass is 32.2. The van der Waals surface area contributed by atoms with E-state index in [1.165, 1.54) is 5.41 Å². The zero-order valence-corrected chi connectivity index (χ0v) is 12.6. The molecule has 0 radical (unpaired) electrons. The lowest BCUT2D eigenvalue weighted by molar-refractivity contribution is 0.606. The van der Waals surface area contributed by atoms with Crippen molar-refractivity contribution < 1.29 is 8.42 Å². The van der Waals surface area contributed by atoms with Gasteiger partial charge in [-0.05, 0) is 17.7 Å². The van der Waals surface area contributed by atoms with Gasteiger partial charge < -0.3 is 0 Å². The Balaban J connectivity index is 2.46. The van der Waals surface area contributed by atoms with Gasteiger partial charge in [-0.3, -0.25) is 0 Å². The minimum absolute atomic E-state index is 0.0658. The first-order valence-electron chi connectivity index (χ1n) is 6.67. The zero-order valence-electron chi connectivity index (χ0n) is 11.8. The van der Waals surface area contributed by atoms with Crippen LogP contribution in [0, 0.1) is 11.8 Å². The van der Waals surface area contributed by atoms with Crippen molar-refractivity contribution in [1.82, 2.24) is 0 Å². The standard InChI is InChI=1S/C18H16O2S/c1-2-21(19,20)15-18(17-11-7-4-8-12-17)14-13-16-9-5-3-6-10-16/h3-12,15H,2H2,1H3/b18-15+. The molecule has 0 aliphatic rings. The number of rotatable bonds is 3. The fraction of sp³-hybridized carbons (Fsp3) is 0.111.